The van der Waals surface area contributed by atoms with Crippen LogP contribution in [0.25, 0.3) is 0 Å². The van der Waals surface area contributed by atoms with E-state index >= 15 is 0 Å². The minimum atomic E-state index is -4.67. The lowest BCUT2D eigenvalue weighted by atomic mass is 10.9. The fourth-order valence-corrected chi connectivity index (χ4v) is 3.71. The van der Waals surface area contributed by atoms with Crippen LogP contribution in [0, 0.1) is 0 Å². The van der Waals surface area contributed by atoms with Gasteiger partial charge in [-0.25, -0.2) is 0 Å². The van der Waals surface area contributed by atoms with Crippen molar-refractivity contribution in [1.82, 2.24) is 0 Å². The largest absolute Gasteiger partial charge is 0.359 e. The van der Waals surface area contributed by atoms with E-state index in [9.17, 15) is 9.13 Å². The van der Waals surface area contributed by atoms with Gasteiger partial charge >= 0.3 is 15.2 Å². The molecule has 9 heteroatoms. The average Bonchev–Trinajstić information content (AvgIpc) is 2.02. The molecule has 1 atom stereocenters. The van der Waals surface area contributed by atoms with Gasteiger partial charge in [-0.1, -0.05) is 0 Å². The molecular weight excluding hydrogens is 232 g/mol. The molecule has 0 aromatic rings. The van der Waals surface area contributed by atoms with E-state index in [4.69, 9.17) is 15.5 Å². The van der Waals surface area contributed by atoms with Crippen molar-refractivity contribution in [2.75, 3.05) is 13.2 Å². The maximum atomic E-state index is 11.7. The smallest absolute Gasteiger partial charge is 0.323 e. The zero-order chi connectivity index (χ0) is 11.4. The highest BCUT2D eigenvalue weighted by Crippen LogP contribution is 2.63. The number of rotatable bonds is 6. The van der Waals surface area contributed by atoms with Gasteiger partial charge in [0, 0.05) is 0 Å². The normalized spacial score (nSPS) is 15.5. The first kappa shape index (κ1) is 14.3. The Morgan fingerprint density at radius 3 is 1.79 bits per heavy atom. The molecule has 14 heavy (non-hydrogen) atoms. The summed E-state index contributed by atoms with van der Waals surface area (Å²) in [4.78, 5) is 17.5. The fraction of sp³-hybridized carbons (Fsp3) is 1.00. The first-order valence-electron chi connectivity index (χ1n) is 3.97. The zero-order valence-electron chi connectivity index (χ0n) is 7.99. The summed E-state index contributed by atoms with van der Waals surface area (Å²) in [5, 5.41) is 0. The molecule has 0 amide bonds. The van der Waals surface area contributed by atoms with Crippen LogP contribution in [0.15, 0.2) is 0 Å². The standard InChI is InChI=1S/C5H15NO6P2/c1-3-11-14(10,12-4-2)5(6)13(7,8)9/h5H,3-4,6H2,1-2H3,(H2,7,8,9). The monoisotopic (exact) mass is 247 g/mol. The summed E-state index contributed by atoms with van der Waals surface area (Å²) in [6.45, 7) is 3.06. The molecule has 0 saturated heterocycles. The molecule has 0 aliphatic heterocycles. The van der Waals surface area contributed by atoms with E-state index in [1.165, 1.54) is 13.8 Å². The first-order valence-corrected chi connectivity index (χ1v) is 7.26. The molecule has 0 aliphatic carbocycles. The minimum absolute atomic E-state index is 0.00494. The SMILES string of the molecule is CCOP(=O)(OCC)C(N)P(=O)(O)O. The van der Waals surface area contributed by atoms with E-state index in [0.717, 1.165) is 0 Å². The highest BCUT2D eigenvalue weighted by atomic mass is 31.2. The van der Waals surface area contributed by atoms with Crippen LogP contribution in [0.4, 0.5) is 0 Å². The number of nitrogens with two attached hydrogens (primary N) is 1. The second kappa shape index (κ2) is 5.37. The van der Waals surface area contributed by atoms with Gasteiger partial charge in [0.1, 0.15) is 0 Å². The van der Waals surface area contributed by atoms with Gasteiger partial charge in [0.15, 0.2) is 0 Å². The molecular formula is C5H15NO6P2. The Bertz CT molecular complexity index is 253. The lowest BCUT2D eigenvalue weighted by Crippen LogP contribution is -2.23. The first-order chi connectivity index (χ1) is 6.28. The fourth-order valence-electron chi connectivity index (χ4n) is 0.734. The van der Waals surface area contributed by atoms with Gasteiger partial charge in [-0.15, -0.1) is 0 Å². The zero-order valence-corrected chi connectivity index (χ0v) is 9.78. The summed E-state index contributed by atoms with van der Waals surface area (Å²) in [5.74, 6) is 0. The van der Waals surface area contributed by atoms with Crippen molar-refractivity contribution < 1.29 is 28.0 Å². The lowest BCUT2D eigenvalue weighted by Gasteiger charge is -2.23. The van der Waals surface area contributed by atoms with Crippen LogP contribution in [-0.2, 0) is 18.2 Å². The molecule has 0 aromatic heterocycles. The summed E-state index contributed by atoms with van der Waals surface area (Å²) in [6.07, 6.45) is 0. The third kappa shape index (κ3) is 3.79. The van der Waals surface area contributed by atoms with Gasteiger partial charge in [-0.3, -0.25) is 9.13 Å². The summed E-state index contributed by atoms with van der Waals surface area (Å²) in [5.41, 5.74) is 3.20. The van der Waals surface area contributed by atoms with Crippen molar-refractivity contribution in [3.63, 3.8) is 0 Å². The summed E-state index contributed by atoms with van der Waals surface area (Å²) in [6, 6.07) is 0. The Morgan fingerprint density at radius 2 is 1.57 bits per heavy atom. The van der Waals surface area contributed by atoms with Crippen LogP contribution in [-0.4, -0.2) is 28.5 Å². The van der Waals surface area contributed by atoms with Crippen molar-refractivity contribution in [2.45, 2.75) is 19.4 Å². The van der Waals surface area contributed by atoms with E-state index in [1.54, 1.807) is 0 Å². The number of hydrogen-bond donors (Lipinski definition) is 3. The lowest BCUT2D eigenvalue weighted by molar-refractivity contribution is 0.214. The molecule has 0 aliphatic rings. The Labute approximate surface area is 82.3 Å². The maximum absolute atomic E-state index is 11.7. The van der Waals surface area contributed by atoms with Gasteiger partial charge in [-0.05, 0) is 13.8 Å². The van der Waals surface area contributed by atoms with Crippen molar-refractivity contribution in [3.8, 4) is 0 Å². The Hall–Kier alpha value is 0.260. The molecule has 0 rings (SSSR count). The second-order valence-corrected chi connectivity index (χ2v) is 6.67. The van der Waals surface area contributed by atoms with Gasteiger partial charge < -0.3 is 24.6 Å². The van der Waals surface area contributed by atoms with Crippen molar-refractivity contribution in [1.29, 1.82) is 0 Å². The van der Waals surface area contributed by atoms with E-state index in [-0.39, 0.29) is 13.2 Å². The van der Waals surface area contributed by atoms with E-state index in [1.807, 2.05) is 0 Å². The molecule has 0 spiro atoms. The van der Waals surface area contributed by atoms with Gasteiger partial charge in [0.05, 0.1) is 13.2 Å². The van der Waals surface area contributed by atoms with Crippen molar-refractivity contribution in [2.24, 2.45) is 5.73 Å². The van der Waals surface area contributed by atoms with Gasteiger partial charge in [0.25, 0.3) is 0 Å². The van der Waals surface area contributed by atoms with Crippen molar-refractivity contribution in [3.05, 3.63) is 0 Å². The highest BCUT2D eigenvalue weighted by Gasteiger charge is 2.44. The van der Waals surface area contributed by atoms with Crippen LogP contribution >= 0.6 is 15.2 Å². The molecule has 4 N–H and O–H groups in total. The van der Waals surface area contributed by atoms with Crippen LogP contribution in [0.2, 0.25) is 0 Å². The minimum Gasteiger partial charge on any atom is -0.323 e. The molecule has 0 bridgehead atoms. The van der Waals surface area contributed by atoms with Crippen LogP contribution in [0.3, 0.4) is 0 Å². The van der Waals surface area contributed by atoms with Crippen molar-refractivity contribution >= 4 is 15.2 Å². The predicted octanol–water partition coefficient (Wildman–Crippen LogP) is 0.672. The number of hydrogen-bond acceptors (Lipinski definition) is 5. The van der Waals surface area contributed by atoms with Crippen LogP contribution in [0.1, 0.15) is 13.8 Å². The van der Waals surface area contributed by atoms with Crippen LogP contribution in [0.5, 0.6) is 0 Å². The molecule has 7 nitrogen and oxygen atoms in total. The molecule has 0 saturated carbocycles. The van der Waals surface area contributed by atoms with Gasteiger partial charge in [-0.2, -0.15) is 0 Å². The molecule has 0 heterocycles. The third-order valence-electron chi connectivity index (χ3n) is 1.29. The van der Waals surface area contributed by atoms with E-state index in [0.29, 0.717) is 0 Å². The molecule has 0 aromatic carbocycles. The van der Waals surface area contributed by atoms with E-state index in [2.05, 4.69) is 9.05 Å². The molecule has 0 fully saturated rings. The second-order valence-electron chi connectivity index (χ2n) is 2.38. The molecule has 0 radical (unpaired) electrons. The summed E-state index contributed by atoms with van der Waals surface area (Å²) in [7, 11) is -8.59. The van der Waals surface area contributed by atoms with E-state index < -0.39 is 20.7 Å². The maximum Gasteiger partial charge on any atom is 0.359 e. The third-order valence-corrected chi connectivity index (χ3v) is 5.61. The van der Waals surface area contributed by atoms with Crippen LogP contribution < -0.4 is 5.73 Å². The quantitative estimate of drug-likeness (QED) is 0.590. The molecule has 86 valence electrons. The summed E-state index contributed by atoms with van der Waals surface area (Å²) < 4.78 is 31.8. The highest BCUT2D eigenvalue weighted by molar-refractivity contribution is 7.71. The average molecular weight is 247 g/mol. The molecule has 1 unspecified atom stereocenters. The van der Waals surface area contributed by atoms with Gasteiger partial charge in [0.2, 0.25) is 5.52 Å². The Kier molecular flexibility index (Phi) is 5.47. The predicted molar refractivity (Wildman–Crippen MR) is 50.9 cm³/mol. The topological polar surface area (TPSA) is 119 Å². The summed E-state index contributed by atoms with van der Waals surface area (Å²) >= 11 is 0. The Balaban J connectivity index is 4.82. The Morgan fingerprint density at radius 1 is 1.21 bits per heavy atom.